The minimum Gasteiger partial charge on any atom is -0.392 e. The third kappa shape index (κ3) is 10.5. The lowest BCUT2D eigenvalue weighted by Gasteiger charge is -2.46. The van der Waals surface area contributed by atoms with Gasteiger partial charge in [-0.05, 0) is 35.1 Å². The van der Waals surface area contributed by atoms with Crippen molar-refractivity contribution in [1.82, 2.24) is 0 Å². The number of aliphatic hydroxyl groups excluding tert-OH is 1. The van der Waals surface area contributed by atoms with Crippen LogP contribution in [-0.4, -0.2) is 48.8 Å². The maximum atomic E-state index is 9.31. The number of benzene rings is 4. The SMILES string of the molecule is OC/C=C/CC[C@H]1O[C@H](COCc2ccccc2)[C@H](OCc2ccccc2)[C@H](OCc2ccccc2)[C@H]1OCc1ccccc1. The first kappa shape index (κ1) is 32.8. The summed E-state index contributed by atoms with van der Waals surface area (Å²) in [6.45, 7) is 2.06. The molecule has 1 saturated heterocycles. The summed E-state index contributed by atoms with van der Waals surface area (Å²) in [5, 5.41) is 9.31. The zero-order valence-corrected chi connectivity index (χ0v) is 25.7. The summed E-state index contributed by atoms with van der Waals surface area (Å²) >= 11 is 0. The lowest BCUT2D eigenvalue weighted by Crippen LogP contribution is -2.61. The number of rotatable bonds is 17. The van der Waals surface area contributed by atoms with E-state index in [1.54, 1.807) is 6.08 Å². The van der Waals surface area contributed by atoms with Gasteiger partial charge in [0.25, 0.3) is 0 Å². The monoisotopic (exact) mass is 608 g/mol. The van der Waals surface area contributed by atoms with Crippen LogP contribution in [0.3, 0.4) is 0 Å². The van der Waals surface area contributed by atoms with E-state index in [9.17, 15) is 5.11 Å². The highest BCUT2D eigenvalue weighted by molar-refractivity contribution is 5.16. The molecular formula is C39H44O6. The lowest BCUT2D eigenvalue weighted by atomic mass is 9.91. The molecule has 0 radical (unpaired) electrons. The molecule has 1 aliphatic heterocycles. The molecule has 236 valence electrons. The molecule has 0 bridgehead atoms. The zero-order valence-electron chi connectivity index (χ0n) is 25.7. The standard InChI is InChI=1S/C39H44O6/c40-25-15-5-14-24-35-37(42-27-32-18-8-2-9-19-32)39(44-29-34-22-12-4-13-23-34)38(43-28-33-20-10-3-11-21-33)36(45-35)30-41-26-31-16-6-1-7-17-31/h1-13,15-23,35-40H,14,24-30H2/b15-5+/t35-,36-,37+,38+,39-/m1/s1. The molecule has 4 aromatic rings. The number of aliphatic hydroxyl groups is 1. The number of hydrogen-bond donors (Lipinski definition) is 1. The van der Waals surface area contributed by atoms with Gasteiger partial charge in [-0.1, -0.05) is 133 Å². The topological polar surface area (TPSA) is 66.4 Å². The Morgan fingerprint density at radius 1 is 0.511 bits per heavy atom. The lowest BCUT2D eigenvalue weighted by molar-refractivity contribution is -0.273. The van der Waals surface area contributed by atoms with Crippen LogP contribution in [0.1, 0.15) is 35.1 Å². The molecule has 0 aromatic heterocycles. The van der Waals surface area contributed by atoms with Crippen molar-refractivity contribution in [3.05, 3.63) is 156 Å². The predicted octanol–water partition coefficient (Wildman–Crippen LogP) is 7.06. The summed E-state index contributed by atoms with van der Waals surface area (Å²) in [4.78, 5) is 0. The first-order valence-corrected chi connectivity index (χ1v) is 15.8. The summed E-state index contributed by atoms with van der Waals surface area (Å²) < 4.78 is 33.3. The third-order valence-electron chi connectivity index (χ3n) is 7.87. The fourth-order valence-corrected chi connectivity index (χ4v) is 5.57. The van der Waals surface area contributed by atoms with E-state index in [1.165, 1.54) is 0 Å². The fourth-order valence-electron chi connectivity index (χ4n) is 5.57. The Kier molecular flexibility index (Phi) is 13.4. The molecule has 5 atom stereocenters. The van der Waals surface area contributed by atoms with E-state index in [4.69, 9.17) is 23.7 Å². The van der Waals surface area contributed by atoms with Gasteiger partial charge in [0.15, 0.2) is 0 Å². The Morgan fingerprint density at radius 2 is 0.933 bits per heavy atom. The fraction of sp³-hybridized carbons (Fsp3) is 0.333. The van der Waals surface area contributed by atoms with Crippen LogP contribution in [-0.2, 0) is 50.1 Å². The molecule has 1 N–H and O–H groups in total. The summed E-state index contributed by atoms with van der Waals surface area (Å²) in [6, 6.07) is 40.6. The molecule has 5 rings (SSSR count). The van der Waals surface area contributed by atoms with Crippen molar-refractivity contribution in [1.29, 1.82) is 0 Å². The maximum Gasteiger partial charge on any atom is 0.115 e. The molecule has 1 heterocycles. The Labute approximate surface area is 267 Å². The van der Waals surface area contributed by atoms with Gasteiger partial charge in [-0.25, -0.2) is 0 Å². The van der Waals surface area contributed by atoms with Crippen molar-refractivity contribution in [2.75, 3.05) is 13.2 Å². The van der Waals surface area contributed by atoms with Gasteiger partial charge >= 0.3 is 0 Å². The molecule has 1 aliphatic rings. The highest BCUT2D eigenvalue weighted by Gasteiger charge is 2.48. The smallest absolute Gasteiger partial charge is 0.115 e. The van der Waals surface area contributed by atoms with Gasteiger partial charge < -0.3 is 28.8 Å². The van der Waals surface area contributed by atoms with Crippen molar-refractivity contribution in [2.24, 2.45) is 0 Å². The highest BCUT2D eigenvalue weighted by atomic mass is 16.6. The van der Waals surface area contributed by atoms with Crippen molar-refractivity contribution < 1.29 is 28.8 Å². The van der Waals surface area contributed by atoms with Crippen LogP contribution in [0, 0.1) is 0 Å². The number of hydrogen-bond acceptors (Lipinski definition) is 6. The molecule has 0 amide bonds. The van der Waals surface area contributed by atoms with Gasteiger partial charge in [0, 0.05) is 0 Å². The van der Waals surface area contributed by atoms with E-state index < -0.39 is 18.3 Å². The first-order chi connectivity index (χ1) is 22.3. The summed E-state index contributed by atoms with van der Waals surface area (Å²) in [5.74, 6) is 0. The second-order valence-corrected chi connectivity index (χ2v) is 11.2. The predicted molar refractivity (Wildman–Crippen MR) is 175 cm³/mol. The molecule has 0 spiro atoms. The van der Waals surface area contributed by atoms with Gasteiger partial charge in [-0.3, -0.25) is 0 Å². The summed E-state index contributed by atoms with van der Waals surface area (Å²) in [6.07, 6.45) is 3.23. The molecule has 45 heavy (non-hydrogen) atoms. The quantitative estimate of drug-likeness (QED) is 0.130. The first-order valence-electron chi connectivity index (χ1n) is 15.8. The van der Waals surface area contributed by atoms with E-state index in [-0.39, 0.29) is 18.8 Å². The Bertz CT molecular complexity index is 1370. The van der Waals surface area contributed by atoms with Gasteiger partial charge in [0.2, 0.25) is 0 Å². The van der Waals surface area contributed by atoms with E-state index in [1.807, 2.05) is 78.9 Å². The molecule has 0 aliphatic carbocycles. The zero-order chi connectivity index (χ0) is 30.9. The van der Waals surface area contributed by atoms with Crippen LogP contribution in [0.15, 0.2) is 133 Å². The Balaban J connectivity index is 1.42. The number of ether oxygens (including phenoxy) is 5. The largest absolute Gasteiger partial charge is 0.392 e. The van der Waals surface area contributed by atoms with Crippen LogP contribution < -0.4 is 0 Å². The van der Waals surface area contributed by atoms with E-state index >= 15 is 0 Å². The highest BCUT2D eigenvalue weighted by Crippen LogP contribution is 2.33. The van der Waals surface area contributed by atoms with Gasteiger partial charge in [0.05, 0.1) is 45.7 Å². The Hall–Kier alpha value is -3.62. The number of allylic oxidation sites excluding steroid dienone is 1. The molecular weight excluding hydrogens is 564 g/mol. The Morgan fingerprint density at radius 3 is 1.40 bits per heavy atom. The molecule has 0 unspecified atom stereocenters. The average Bonchev–Trinajstić information content (AvgIpc) is 3.10. The van der Waals surface area contributed by atoms with Gasteiger partial charge in [0.1, 0.15) is 24.4 Å². The van der Waals surface area contributed by atoms with Gasteiger partial charge in [-0.15, -0.1) is 0 Å². The van der Waals surface area contributed by atoms with Crippen molar-refractivity contribution in [3.63, 3.8) is 0 Å². The van der Waals surface area contributed by atoms with Crippen molar-refractivity contribution in [3.8, 4) is 0 Å². The van der Waals surface area contributed by atoms with Crippen molar-refractivity contribution in [2.45, 2.75) is 69.8 Å². The maximum absolute atomic E-state index is 9.31. The minimum absolute atomic E-state index is 0.00756. The normalized spacial score (nSPS) is 21.7. The van der Waals surface area contributed by atoms with E-state index in [2.05, 4.69) is 48.5 Å². The third-order valence-corrected chi connectivity index (χ3v) is 7.87. The average molecular weight is 609 g/mol. The molecule has 1 fully saturated rings. The molecule has 0 saturated carbocycles. The second-order valence-electron chi connectivity index (χ2n) is 11.2. The van der Waals surface area contributed by atoms with Crippen LogP contribution >= 0.6 is 0 Å². The minimum atomic E-state index is -0.449. The molecule has 6 heteroatoms. The van der Waals surface area contributed by atoms with Crippen LogP contribution in [0.25, 0.3) is 0 Å². The summed E-state index contributed by atoms with van der Waals surface area (Å²) in [7, 11) is 0. The van der Waals surface area contributed by atoms with Crippen LogP contribution in [0.2, 0.25) is 0 Å². The second kappa shape index (κ2) is 18.4. The summed E-state index contributed by atoms with van der Waals surface area (Å²) in [5.41, 5.74) is 4.32. The van der Waals surface area contributed by atoms with Crippen LogP contribution in [0.5, 0.6) is 0 Å². The van der Waals surface area contributed by atoms with E-state index in [0.717, 1.165) is 28.7 Å². The molecule has 4 aromatic carbocycles. The van der Waals surface area contributed by atoms with Crippen LogP contribution in [0.4, 0.5) is 0 Å². The van der Waals surface area contributed by atoms with Crippen molar-refractivity contribution >= 4 is 0 Å². The van der Waals surface area contributed by atoms with E-state index in [0.29, 0.717) is 39.5 Å². The van der Waals surface area contributed by atoms with Gasteiger partial charge in [-0.2, -0.15) is 0 Å². The molecule has 6 nitrogen and oxygen atoms in total.